The molecule has 0 bridgehead atoms. The van der Waals surface area contributed by atoms with Crippen LogP contribution in [0.1, 0.15) is 0 Å². The molecule has 2 heteroatoms. The van der Waals surface area contributed by atoms with Crippen molar-refractivity contribution < 1.29 is 4.42 Å². The molecule has 2 nitrogen and oxygen atoms in total. The van der Waals surface area contributed by atoms with Crippen LogP contribution in [0.4, 0.5) is 17.1 Å². The van der Waals surface area contributed by atoms with Crippen LogP contribution >= 0.6 is 0 Å². The molecule has 10 rings (SSSR count). The van der Waals surface area contributed by atoms with E-state index in [1.807, 2.05) is 12.1 Å². The number of rotatable bonds is 7. The van der Waals surface area contributed by atoms with Gasteiger partial charge in [-0.05, 0) is 92.2 Å². The Morgan fingerprint density at radius 3 is 1.72 bits per heavy atom. The van der Waals surface area contributed by atoms with Crippen molar-refractivity contribution in [2.24, 2.45) is 0 Å². The van der Waals surface area contributed by atoms with Crippen molar-refractivity contribution >= 4 is 49.8 Å². The monoisotopic (exact) mass is 689 g/mol. The maximum Gasteiger partial charge on any atom is 0.137 e. The van der Waals surface area contributed by atoms with E-state index in [1.165, 1.54) is 44.2 Å². The van der Waals surface area contributed by atoms with Gasteiger partial charge in [0, 0.05) is 33.8 Å². The van der Waals surface area contributed by atoms with Crippen LogP contribution in [0.25, 0.3) is 77.2 Å². The fourth-order valence-corrected chi connectivity index (χ4v) is 7.89. The number of fused-ring (bicyclic) bond motifs is 4. The van der Waals surface area contributed by atoms with Gasteiger partial charge in [-0.25, -0.2) is 0 Å². The maximum atomic E-state index is 6.46. The highest BCUT2D eigenvalue weighted by atomic mass is 16.3. The standard InChI is InChI=1S/C52H35NO/c1-3-15-36(16-4-1)40-28-31-45(49(34-40)44-22-10-9-21-43(44)38-18-5-2-6-19-38)46-23-11-13-25-50(46)53(41-29-27-37-17-7-8-20-39(37)33-41)42-30-32-48-47-24-12-14-26-51(47)54-52(48)35-42/h1-35H. The van der Waals surface area contributed by atoms with Crippen molar-refractivity contribution in [1.82, 2.24) is 0 Å². The van der Waals surface area contributed by atoms with E-state index >= 15 is 0 Å². The summed E-state index contributed by atoms with van der Waals surface area (Å²) in [4.78, 5) is 2.38. The second-order valence-corrected chi connectivity index (χ2v) is 13.7. The van der Waals surface area contributed by atoms with E-state index in [0.29, 0.717) is 0 Å². The third-order valence-electron chi connectivity index (χ3n) is 10.5. The Hall–Kier alpha value is -7.16. The SMILES string of the molecule is c1ccc(-c2ccc(-c3ccccc3N(c3ccc4ccccc4c3)c3ccc4c(c3)oc3ccccc34)c(-c3ccccc3-c3ccccc3)c2)cc1. The Kier molecular flexibility index (Phi) is 7.85. The summed E-state index contributed by atoms with van der Waals surface area (Å²) in [7, 11) is 0. The van der Waals surface area contributed by atoms with Crippen LogP contribution in [-0.2, 0) is 0 Å². The Bertz CT molecular complexity index is 2940. The van der Waals surface area contributed by atoms with Crippen molar-refractivity contribution in [2.75, 3.05) is 4.90 Å². The van der Waals surface area contributed by atoms with Crippen molar-refractivity contribution in [3.8, 4) is 44.5 Å². The zero-order valence-corrected chi connectivity index (χ0v) is 29.6. The van der Waals surface area contributed by atoms with Crippen molar-refractivity contribution in [1.29, 1.82) is 0 Å². The lowest BCUT2D eigenvalue weighted by atomic mass is 9.86. The minimum atomic E-state index is 0.863. The van der Waals surface area contributed by atoms with E-state index in [-0.39, 0.29) is 0 Å². The number of furan rings is 1. The molecule has 54 heavy (non-hydrogen) atoms. The van der Waals surface area contributed by atoms with Crippen LogP contribution in [0.2, 0.25) is 0 Å². The first-order valence-electron chi connectivity index (χ1n) is 18.4. The molecule has 0 saturated heterocycles. The molecule has 0 radical (unpaired) electrons. The smallest absolute Gasteiger partial charge is 0.137 e. The van der Waals surface area contributed by atoms with Crippen molar-refractivity contribution in [3.63, 3.8) is 0 Å². The summed E-state index contributed by atoms with van der Waals surface area (Å²) in [6.45, 7) is 0. The minimum Gasteiger partial charge on any atom is -0.456 e. The highest BCUT2D eigenvalue weighted by molar-refractivity contribution is 6.07. The minimum absolute atomic E-state index is 0.863. The maximum absolute atomic E-state index is 6.46. The molecule has 0 spiro atoms. The van der Waals surface area contributed by atoms with Gasteiger partial charge in [0.1, 0.15) is 11.2 Å². The molecule has 0 atom stereocenters. The second kappa shape index (κ2) is 13.4. The molecule has 0 amide bonds. The molecule has 0 fully saturated rings. The van der Waals surface area contributed by atoms with Gasteiger partial charge in [0.25, 0.3) is 0 Å². The molecule has 0 aliphatic heterocycles. The fourth-order valence-electron chi connectivity index (χ4n) is 7.89. The zero-order valence-electron chi connectivity index (χ0n) is 29.6. The molecular weight excluding hydrogens is 655 g/mol. The van der Waals surface area contributed by atoms with Crippen LogP contribution in [0.3, 0.4) is 0 Å². The van der Waals surface area contributed by atoms with Gasteiger partial charge in [-0.2, -0.15) is 0 Å². The number of nitrogens with zero attached hydrogens (tertiary/aromatic N) is 1. The van der Waals surface area contributed by atoms with Gasteiger partial charge in [-0.3, -0.25) is 0 Å². The number of anilines is 3. The highest BCUT2D eigenvalue weighted by Crippen LogP contribution is 2.47. The summed E-state index contributed by atoms with van der Waals surface area (Å²) in [6, 6.07) is 76.0. The first kappa shape index (κ1) is 31.6. The first-order chi connectivity index (χ1) is 26.8. The molecule has 10 aromatic rings. The molecule has 0 aliphatic carbocycles. The van der Waals surface area contributed by atoms with Gasteiger partial charge in [0.05, 0.1) is 5.69 Å². The molecule has 0 N–H and O–H groups in total. The van der Waals surface area contributed by atoms with Crippen molar-refractivity contribution in [3.05, 3.63) is 212 Å². The molecule has 254 valence electrons. The molecule has 0 aliphatic rings. The Morgan fingerprint density at radius 2 is 0.889 bits per heavy atom. The number of benzene rings is 9. The van der Waals surface area contributed by atoms with Crippen LogP contribution in [0.5, 0.6) is 0 Å². The topological polar surface area (TPSA) is 16.4 Å². The van der Waals surface area contributed by atoms with E-state index in [2.05, 4.69) is 205 Å². The fraction of sp³-hybridized carbons (Fsp3) is 0. The largest absolute Gasteiger partial charge is 0.456 e. The summed E-state index contributed by atoms with van der Waals surface area (Å²) in [6.07, 6.45) is 0. The normalized spacial score (nSPS) is 11.3. The Morgan fingerprint density at radius 1 is 0.296 bits per heavy atom. The van der Waals surface area contributed by atoms with Gasteiger partial charge < -0.3 is 9.32 Å². The van der Waals surface area contributed by atoms with Crippen LogP contribution in [-0.4, -0.2) is 0 Å². The average Bonchev–Trinajstić information content (AvgIpc) is 3.62. The first-order valence-corrected chi connectivity index (χ1v) is 18.4. The van der Waals surface area contributed by atoms with Gasteiger partial charge in [-0.1, -0.05) is 164 Å². The van der Waals surface area contributed by atoms with Crippen LogP contribution < -0.4 is 4.90 Å². The summed E-state index contributed by atoms with van der Waals surface area (Å²) >= 11 is 0. The number of hydrogen-bond acceptors (Lipinski definition) is 2. The highest BCUT2D eigenvalue weighted by Gasteiger charge is 2.22. The van der Waals surface area contributed by atoms with Gasteiger partial charge in [0.15, 0.2) is 0 Å². The van der Waals surface area contributed by atoms with Gasteiger partial charge >= 0.3 is 0 Å². The van der Waals surface area contributed by atoms with Gasteiger partial charge in [-0.15, -0.1) is 0 Å². The third-order valence-corrected chi connectivity index (χ3v) is 10.5. The van der Waals surface area contributed by atoms with Gasteiger partial charge in [0.2, 0.25) is 0 Å². The lowest BCUT2D eigenvalue weighted by Crippen LogP contribution is -2.11. The predicted octanol–water partition coefficient (Wildman–Crippen LogP) is 14.9. The van der Waals surface area contributed by atoms with Crippen molar-refractivity contribution in [2.45, 2.75) is 0 Å². The van der Waals surface area contributed by atoms with E-state index < -0.39 is 0 Å². The van der Waals surface area contributed by atoms with E-state index in [0.717, 1.165) is 50.1 Å². The van der Waals surface area contributed by atoms with Crippen LogP contribution in [0, 0.1) is 0 Å². The number of hydrogen-bond donors (Lipinski definition) is 0. The quantitative estimate of drug-likeness (QED) is 0.166. The molecule has 0 unspecified atom stereocenters. The zero-order chi connectivity index (χ0) is 35.8. The molecule has 1 heterocycles. The molecule has 1 aromatic heterocycles. The summed E-state index contributed by atoms with van der Waals surface area (Å²) in [5.74, 6) is 0. The van der Waals surface area contributed by atoms with E-state index in [4.69, 9.17) is 4.42 Å². The summed E-state index contributed by atoms with van der Waals surface area (Å²) in [5.41, 5.74) is 14.3. The van der Waals surface area contributed by atoms with E-state index in [9.17, 15) is 0 Å². The lowest BCUT2D eigenvalue weighted by Gasteiger charge is -2.29. The number of para-hydroxylation sites is 2. The third kappa shape index (κ3) is 5.62. The molecule has 9 aromatic carbocycles. The second-order valence-electron chi connectivity index (χ2n) is 13.7. The Labute approximate surface area is 314 Å². The molecular formula is C52H35NO. The summed E-state index contributed by atoms with van der Waals surface area (Å²) in [5, 5.41) is 4.62. The molecule has 0 saturated carbocycles. The lowest BCUT2D eigenvalue weighted by molar-refractivity contribution is 0.669. The average molecular weight is 690 g/mol. The Balaban J connectivity index is 1.23. The van der Waals surface area contributed by atoms with Crippen LogP contribution in [0.15, 0.2) is 217 Å². The predicted molar refractivity (Wildman–Crippen MR) is 228 cm³/mol. The van der Waals surface area contributed by atoms with E-state index in [1.54, 1.807) is 0 Å². The summed E-state index contributed by atoms with van der Waals surface area (Å²) < 4.78 is 6.46.